The SMILES string of the molecule is Cc1cc(C)cc(-n2c(SCC(=O)N[C@@H]3CCS(=O)(=O)C3)nc3ccccc3c2=O)c1. The smallest absolute Gasteiger partial charge is 0.266 e. The maximum absolute atomic E-state index is 13.3. The Balaban J connectivity index is 1.66. The van der Waals surface area contributed by atoms with Crippen molar-refractivity contribution in [2.24, 2.45) is 0 Å². The summed E-state index contributed by atoms with van der Waals surface area (Å²) in [5, 5.41) is 3.71. The average Bonchev–Trinajstić information content (AvgIpc) is 3.04. The molecule has 4 rings (SSSR count). The minimum absolute atomic E-state index is 0.0229. The van der Waals surface area contributed by atoms with Crippen LogP contribution in [0.3, 0.4) is 0 Å². The zero-order chi connectivity index (χ0) is 22.2. The van der Waals surface area contributed by atoms with Crippen molar-refractivity contribution in [2.75, 3.05) is 17.3 Å². The van der Waals surface area contributed by atoms with Crippen LogP contribution in [-0.4, -0.2) is 47.2 Å². The number of carbonyl (C=O) groups is 1. The molecule has 1 aliphatic rings. The molecule has 3 aromatic rings. The van der Waals surface area contributed by atoms with Gasteiger partial charge in [-0.05, 0) is 55.7 Å². The van der Waals surface area contributed by atoms with E-state index in [4.69, 9.17) is 0 Å². The molecular formula is C22H23N3O4S2. The number of benzene rings is 2. The van der Waals surface area contributed by atoms with Crippen LogP contribution >= 0.6 is 11.8 Å². The third kappa shape index (κ3) is 4.83. The van der Waals surface area contributed by atoms with Crippen LogP contribution in [0.4, 0.5) is 0 Å². The first-order valence-corrected chi connectivity index (χ1v) is 12.8. The third-order valence-electron chi connectivity index (χ3n) is 5.14. The van der Waals surface area contributed by atoms with Gasteiger partial charge in [0.25, 0.3) is 5.56 Å². The largest absolute Gasteiger partial charge is 0.352 e. The lowest BCUT2D eigenvalue weighted by molar-refractivity contribution is -0.119. The monoisotopic (exact) mass is 457 g/mol. The number of amides is 1. The number of fused-ring (bicyclic) bond motifs is 1. The number of aromatic nitrogens is 2. The normalized spacial score (nSPS) is 17.7. The van der Waals surface area contributed by atoms with Crippen molar-refractivity contribution < 1.29 is 13.2 Å². The lowest BCUT2D eigenvalue weighted by atomic mass is 10.1. The van der Waals surface area contributed by atoms with Crippen molar-refractivity contribution >= 4 is 38.4 Å². The van der Waals surface area contributed by atoms with Crippen molar-refractivity contribution in [1.82, 2.24) is 14.9 Å². The molecule has 0 unspecified atom stereocenters. The van der Waals surface area contributed by atoms with Gasteiger partial charge < -0.3 is 5.32 Å². The van der Waals surface area contributed by atoms with E-state index in [1.165, 1.54) is 0 Å². The molecule has 2 heterocycles. The summed E-state index contributed by atoms with van der Waals surface area (Å²) in [7, 11) is -3.07. The number of hydrogen-bond acceptors (Lipinski definition) is 6. The van der Waals surface area contributed by atoms with E-state index in [1.54, 1.807) is 22.8 Å². The highest BCUT2D eigenvalue weighted by molar-refractivity contribution is 7.99. The molecule has 0 aliphatic carbocycles. The molecule has 1 saturated heterocycles. The molecule has 7 nitrogen and oxygen atoms in total. The van der Waals surface area contributed by atoms with Crippen LogP contribution in [0, 0.1) is 13.8 Å². The van der Waals surface area contributed by atoms with E-state index in [-0.39, 0.29) is 34.8 Å². The first-order chi connectivity index (χ1) is 14.7. The number of nitrogens with one attached hydrogen (secondary N) is 1. The van der Waals surface area contributed by atoms with Crippen molar-refractivity contribution in [3.8, 4) is 5.69 Å². The quantitative estimate of drug-likeness (QED) is 0.467. The van der Waals surface area contributed by atoms with Gasteiger partial charge in [-0.1, -0.05) is 30.0 Å². The number of rotatable bonds is 5. The Morgan fingerprint density at radius 3 is 2.58 bits per heavy atom. The van der Waals surface area contributed by atoms with Crippen LogP contribution in [0.1, 0.15) is 17.5 Å². The summed E-state index contributed by atoms with van der Waals surface area (Å²) in [6.07, 6.45) is 0.431. The number of sulfone groups is 1. The van der Waals surface area contributed by atoms with E-state index < -0.39 is 9.84 Å². The summed E-state index contributed by atoms with van der Waals surface area (Å²) in [5.41, 5.74) is 3.11. The summed E-state index contributed by atoms with van der Waals surface area (Å²) in [4.78, 5) is 30.4. The van der Waals surface area contributed by atoms with Gasteiger partial charge in [-0.25, -0.2) is 13.4 Å². The summed E-state index contributed by atoms with van der Waals surface area (Å²) in [5.74, 6) is -0.165. The standard InChI is InChI=1S/C22H23N3O4S2/c1-14-9-15(2)11-17(10-14)25-21(27)18-5-3-4-6-19(18)24-22(25)30-12-20(26)23-16-7-8-31(28,29)13-16/h3-6,9-11,16H,7-8,12-13H2,1-2H3,(H,23,26)/t16-/m1/s1. The zero-order valence-corrected chi connectivity index (χ0v) is 18.9. The van der Waals surface area contributed by atoms with Gasteiger partial charge in [0.05, 0.1) is 33.8 Å². The fraction of sp³-hybridized carbons (Fsp3) is 0.318. The molecule has 31 heavy (non-hydrogen) atoms. The van der Waals surface area contributed by atoms with Crippen LogP contribution in [0.15, 0.2) is 52.4 Å². The van der Waals surface area contributed by atoms with Crippen molar-refractivity contribution in [1.29, 1.82) is 0 Å². The van der Waals surface area contributed by atoms with E-state index in [2.05, 4.69) is 10.3 Å². The van der Waals surface area contributed by atoms with Gasteiger partial charge in [-0.2, -0.15) is 0 Å². The minimum Gasteiger partial charge on any atom is -0.352 e. The molecule has 0 radical (unpaired) electrons. The maximum atomic E-state index is 13.3. The predicted molar refractivity (Wildman–Crippen MR) is 123 cm³/mol. The Labute approximate surface area is 184 Å². The molecule has 1 atom stereocenters. The molecule has 0 bridgehead atoms. The van der Waals surface area contributed by atoms with E-state index in [9.17, 15) is 18.0 Å². The second kappa shape index (κ2) is 8.47. The number of hydrogen-bond donors (Lipinski definition) is 1. The van der Waals surface area contributed by atoms with Crippen LogP contribution in [0.5, 0.6) is 0 Å². The summed E-state index contributed by atoms with van der Waals surface area (Å²) >= 11 is 1.16. The summed E-state index contributed by atoms with van der Waals surface area (Å²) in [6.45, 7) is 3.93. The minimum atomic E-state index is -3.07. The highest BCUT2D eigenvalue weighted by Gasteiger charge is 2.29. The van der Waals surface area contributed by atoms with Gasteiger partial charge in [0.15, 0.2) is 15.0 Å². The highest BCUT2D eigenvalue weighted by Crippen LogP contribution is 2.23. The second-order valence-electron chi connectivity index (χ2n) is 7.85. The van der Waals surface area contributed by atoms with Crippen LogP contribution in [-0.2, 0) is 14.6 Å². The molecule has 9 heteroatoms. The Kier molecular flexibility index (Phi) is 5.90. The number of para-hydroxylation sites is 1. The van der Waals surface area contributed by atoms with Gasteiger partial charge in [0, 0.05) is 6.04 Å². The lowest BCUT2D eigenvalue weighted by Gasteiger charge is -2.15. The third-order valence-corrected chi connectivity index (χ3v) is 7.85. The molecule has 1 N–H and O–H groups in total. The Hall–Kier alpha value is -2.65. The maximum Gasteiger partial charge on any atom is 0.266 e. The molecule has 162 valence electrons. The molecule has 1 fully saturated rings. The molecule has 1 aromatic heterocycles. The van der Waals surface area contributed by atoms with Gasteiger partial charge in [0.1, 0.15) is 0 Å². The highest BCUT2D eigenvalue weighted by atomic mass is 32.2. The molecule has 1 amide bonds. The number of carbonyl (C=O) groups excluding carboxylic acids is 1. The number of nitrogens with zero attached hydrogens (tertiary/aromatic N) is 2. The van der Waals surface area contributed by atoms with Gasteiger partial charge in [-0.15, -0.1) is 0 Å². The molecule has 2 aromatic carbocycles. The van der Waals surface area contributed by atoms with Crippen molar-refractivity contribution in [3.63, 3.8) is 0 Å². The Morgan fingerprint density at radius 2 is 1.90 bits per heavy atom. The average molecular weight is 458 g/mol. The van der Waals surface area contributed by atoms with Crippen molar-refractivity contribution in [3.05, 3.63) is 63.9 Å². The Morgan fingerprint density at radius 1 is 1.19 bits per heavy atom. The first-order valence-electron chi connectivity index (χ1n) is 9.95. The fourth-order valence-electron chi connectivity index (χ4n) is 3.82. The summed E-state index contributed by atoms with van der Waals surface area (Å²) < 4.78 is 24.8. The molecule has 1 aliphatic heterocycles. The van der Waals surface area contributed by atoms with E-state index >= 15 is 0 Å². The Bertz CT molecular complexity index is 1310. The molecule has 0 saturated carbocycles. The van der Waals surface area contributed by atoms with E-state index in [0.29, 0.717) is 28.2 Å². The van der Waals surface area contributed by atoms with Crippen LogP contribution < -0.4 is 10.9 Å². The number of aryl methyl sites for hydroxylation is 2. The van der Waals surface area contributed by atoms with E-state index in [0.717, 1.165) is 22.9 Å². The van der Waals surface area contributed by atoms with Gasteiger partial charge in [-0.3, -0.25) is 14.2 Å². The summed E-state index contributed by atoms with van der Waals surface area (Å²) in [6, 6.07) is 12.6. The molecular weight excluding hydrogens is 434 g/mol. The van der Waals surface area contributed by atoms with Crippen LogP contribution in [0.2, 0.25) is 0 Å². The molecule has 0 spiro atoms. The van der Waals surface area contributed by atoms with Crippen molar-refractivity contribution in [2.45, 2.75) is 31.5 Å². The second-order valence-corrected chi connectivity index (χ2v) is 11.0. The zero-order valence-electron chi connectivity index (χ0n) is 17.3. The predicted octanol–water partition coefficient (Wildman–Crippen LogP) is 2.40. The van der Waals surface area contributed by atoms with E-state index in [1.807, 2.05) is 38.1 Å². The van der Waals surface area contributed by atoms with Crippen LogP contribution in [0.25, 0.3) is 16.6 Å². The topological polar surface area (TPSA) is 98.1 Å². The van der Waals surface area contributed by atoms with Gasteiger partial charge >= 0.3 is 0 Å². The van der Waals surface area contributed by atoms with Gasteiger partial charge in [0.2, 0.25) is 5.91 Å². The fourth-order valence-corrected chi connectivity index (χ4v) is 6.32. The lowest BCUT2D eigenvalue weighted by Crippen LogP contribution is -2.36. The number of thioether (sulfide) groups is 1. The first kappa shape index (κ1) is 21.6.